The van der Waals surface area contributed by atoms with Crippen molar-refractivity contribution in [2.45, 2.75) is 19.6 Å². The van der Waals surface area contributed by atoms with Crippen LogP contribution in [-0.4, -0.2) is 17.6 Å². The Morgan fingerprint density at radius 1 is 0.978 bits per heavy atom. The van der Waals surface area contributed by atoms with Crippen LogP contribution in [0.3, 0.4) is 0 Å². The molecule has 7 nitrogen and oxygen atoms in total. The minimum Gasteiger partial charge on any atom is -0.497 e. The van der Waals surface area contributed by atoms with Gasteiger partial charge in [-0.3, -0.25) is 14.2 Å². The maximum atomic E-state index is 14.2. The molecule has 2 heterocycles. The fourth-order valence-electron chi connectivity index (χ4n) is 5.14. The zero-order valence-electron chi connectivity index (χ0n) is 24.3. The third kappa shape index (κ3) is 6.77. The number of fused-ring (bicyclic) bond motifs is 1. The lowest BCUT2D eigenvalue weighted by molar-refractivity contribution is -0.113. The standard InChI is InChI=1S/C35H27I2N3O4S/c1-21-30(33(41)39-25-13-7-4-8-14-25)31(24-12-9-15-26(19-24)43-2)40-34(42)29(45-35(40)38-21)18-23-16-27(36)32(28(37)17-23)44-20-22-10-5-3-6-11-22/h3-19,31H,20H2,1-2H3,(H,39,41)/b29-18-/t31-/m1/s1. The third-order valence-corrected chi connectivity index (χ3v) is 9.84. The molecule has 1 atom stereocenters. The highest BCUT2D eigenvalue weighted by molar-refractivity contribution is 14.1. The first-order chi connectivity index (χ1) is 21.8. The van der Waals surface area contributed by atoms with E-state index in [1.54, 1.807) is 11.7 Å². The van der Waals surface area contributed by atoms with Crippen molar-refractivity contribution in [1.29, 1.82) is 0 Å². The molecular formula is C35H27I2N3O4S. The van der Waals surface area contributed by atoms with Crippen LogP contribution in [0.2, 0.25) is 0 Å². The van der Waals surface area contributed by atoms with Crippen LogP contribution in [0.4, 0.5) is 5.69 Å². The van der Waals surface area contributed by atoms with Gasteiger partial charge in [-0.1, -0.05) is 72.0 Å². The fourth-order valence-corrected chi connectivity index (χ4v) is 8.31. The average molecular weight is 839 g/mol. The molecule has 0 saturated heterocycles. The molecule has 5 aromatic rings. The number of carbonyl (C=O) groups excluding carboxylic acids is 1. The Morgan fingerprint density at radius 2 is 1.67 bits per heavy atom. The fraction of sp³-hybridized carbons (Fsp3) is 0.114. The van der Waals surface area contributed by atoms with Crippen molar-refractivity contribution in [3.8, 4) is 11.5 Å². The van der Waals surface area contributed by atoms with Gasteiger partial charge < -0.3 is 14.8 Å². The Kier molecular flexibility index (Phi) is 9.52. The molecule has 0 spiro atoms. The second-order valence-electron chi connectivity index (χ2n) is 10.3. The van der Waals surface area contributed by atoms with E-state index in [1.165, 1.54) is 11.3 Å². The lowest BCUT2D eigenvalue weighted by Crippen LogP contribution is -2.40. The molecule has 6 rings (SSSR count). The van der Waals surface area contributed by atoms with E-state index in [1.807, 2.05) is 110 Å². The Bertz CT molecular complexity index is 2090. The Balaban J connectivity index is 1.41. The number of amides is 1. The van der Waals surface area contributed by atoms with Crippen LogP contribution in [0.25, 0.3) is 6.08 Å². The Morgan fingerprint density at radius 3 is 2.36 bits per heavy atom. The van der Waals surface area contributed by atoms with Gasteiger partial charge in [-0.2, -0.15) is 0 Å². The molecule has 45 heavy (non-hydrogen) atoms. The summed E-state index contributed by atoms with van der Waals surface area (Å²) in [7, 11) is 1.59. The molecular weight excluding hydrogens is 812 g/mol. The van der Waals surface area contributed by atoms with Crippen molar-refractivity contribution in [2.75, 3.05) is 12.4 Å². The lowest BCUT2D eigenvalue weighted by Gasteiger charge is -2.25. The summed E-state index contributed by atoms with van der Waals surface area (Å²) < 4.78 is 15.7. The van der Waals surface area contributed by atoms with Crippen molar-refractivity contribution in [2.24, 2.45) is 4.99 Å². The van der Waals surface area contributed by atoms with E-state index in [-0.39, 0.29) is 11.5 Å². The SMILES string of the molecule is COc1cccc([C@@H]2C(C(=O)Nc3ccccc3)=C(C)N=c3s/c(=C\c4cc(I)c(OCc5ccccc5)c(I)c4)c(=O)n32)c1. The van der Waals surface area contributed by atoms with Gasteiger partial charge in [0.05, 0.1) is 36.1 Å². The predicted molar refractivity (Wildman–Crippen MR) is 194 cm³/mol. The van der Waals surface area contributed by atoms with Gasteiger partial charge in [0.2, 0.25) is 0 Å². The van der Waals surface area contributed by atoms with Gasteiger partial charge >= 0.3 is 0 Å². The van der Waals surface area contributed by atoms with Gasteiger partial charge in [-0.15, -0.1) is 0 Å². The zero-order valence-corrected chi connectivity index (χ0v) is 29.4. The Labute approximate surface area is 291 Å². The summed E-state index contributed by atoms with van der Waals surface area (Å²) in [6.07, 6.45) is 1.88. The van der Waals surface area contributed by atoms with Crippen LogP contribution in [0, 0.1) is 7.14 Å². The number of anilines is 1. The first-order valence-electron chi connectivity index (χ1n) is 14.0. The maximum Gasteiger partial charge on any atom is 0.271 e. The smallest absolute Gasteiger partial charge is 0.271 e. The molecule has 226 valence electrons. The highest BCUT2D eigenvalue weighted by atomic mass is 127. The van der Waals surface area contributed by atoms with Crippen LogP contribution < -0.4 is 29.7 Å². The largest absolute Gasteiger partial charge is 0.497 e. The van der Waals surface area contributed by atoms with E-state index in [9.17, 15) is 9.59 Å². The van der Waals surface area contributed by atoms with Crippen molar-refractivity contribution in [3.63, 3.8) is 0 Å². The van der Waals surface area contributed by atoms with E-state index < -0.39 is 6.04 Å². The van der Waals surface area contributed by atoms with Crippen molar-refractivity contribution < 1.29 is 14.3 Å². The molecule has 0 unspecified atom stereocenters. The number of halogens is 2. The van der Waals surface area contributed by atoms with Gasteiger partial charge in [0.15, 0.2) is 4.80 Å². The second-order valence-corrected chi connectivity index (χ2v) is 13.6. The summed E-state index contributed by atoms with van der Waals surface area (Å²) in [6, 6.07) is 30.0. The molecule has 0 radical (unpaired) electrons. The minimum absolute atomic E-state index is 0.224. The van der Waals surface area contributed by atoms with Gasteiger partial charge in [0.1, 0.15) is 18.1 Å². The van der Waals surface area contributed by atoms with Gasteiger partial charge in [-0.05, 0) is 111 Å². The molecule has 1 N–H and O–H groups in total. The topological polar surface area (TPSA) is 81.9 Å². The number of thiazole rings is 1. The van der Waals surface area contributed by atoms with Crippen LogP contribution >= 0.6 is 56.5 Å². The summed E-state index contributed by atoms with van der Waals surface area (Å²) in [5.41, 5.74) is 4.09. The normalized spacial score (nSPS) is 14.5. The van der Waals surface area contributed by atoms with Crippen molar-refractivity contribution in [1.82, 2.24) is 4.57 Å². The number of para-hydroxylation sites is 1. The number of methoxy groups -OCH3 is 1. The van der Waals surface area contributed by atoms with Crippen LogP contribution in [-0.2, 0) is 11.4 Å². The number of ether oxygens (including phenoxy) is 2. The number of carbonyl (C=O) groups is 1. The number of nitrogens with zero attached hydrogens (tertiary/aromatic N) is 2. The number of hydrogen-bond donors (Lipinski definition) is 1. The number of allylic oxidation sites excluding steroid dienone is 1. The molecule has 1 aliphatic heterocycles. The van der Waals surface area contributed by atoms with E-state index in [2.05, 4.69) is 50.5 Å². The van der Waals surface area contributed by atoms with Crippen LogP contribution in [0.1, 0.15) is 29.7 Å². The summed E-state index contributed by atoms with van der Waals surface area (Å²) >= 11 is 5.85. The summed E-state index contributed by atoms with van der Waals surface area (Å²) in [4.78, 5) is 33.2. The molecule has 0 aliphatic carbocycles. The monoisotopic (exact) mass is 839 g/mol. The maximum absolute atomic E-state index is 14.2. The van der Waals surface area contributed by atoms with E-state index >= 15 is 0 Å². The second kappa shape index (κ2) is 13.7. The van der Waals surface area contributed by atoms with Gasteiger partial charge in [0, 0.05) is 5.69 Å². The summed E-state index contributed by atoms with van der Waals surface area (Å²) in [6.45, 7) is 2.28. The molecule has 4 aromatic carbocycles. The molecule has 0 saturated carbocycles. The van der Waals surface area contributed by atoms with E-state index in [4.69, 9.17) is 14.5 Å². The lowest BCUT2D eigenvalue weighted by atomic mass is 9.95. The summed E-state index contributed by atoms with van der Waals surface area (Å²) in [5, 5.41) is 2.98. The van der Waals surface area contributed by atoms with E-state index in [0.717, 1.165) is 29.6 Å². The van der Waals surface area contributed by atoms with Gasteiger partial charge in [-0.25, -0.2) is 4.99 Å². The Hall–Kier alpha value is -3.75. The molecule has 1 aliphatic rings. The highest BCUT2D eigenvalue weighted by Crippen LogP contribution is 2.33. The van der Waals surface area contributed by atoms with Crippen molar-refractivity contribution >= 4 is 74.2 Å². The quantitative estimate of drug-likeness (QED) is 0.177. The van der Waals surface area contributed by atoms with Crippen molar-refractivity contribution in [3.05, 3.63) is 152 Å². The molecule has 1 amide bonds. The molecule has 0 bridgehead atoms. The third-order valence-electron chi connectivity index (χ3n) is 7.25. The van der Waals surface area contributed by atoms with E-state index in [0.29, 0.717) is 38.6 Å². The number of hydrogen-bond acceptors (Lipinski definition) is 6. The first kappa shape index (κ1) is 31.2. The average Bonchev–Trinajstić information content (AvgIpc) is 3.34. The molecule has 10 heteroatoms. The molecule has 0 fully saturated rings. The molecule has 1 aromatic heterocycles. The number of aromatic nitrogens is 1. The van der Waals surface area contributed by atoms with Crippen LogP contribution in [0.15, 0.2) is 118 Å². The first-order valence-corrected chi connectivity index (χ1v) is 17.0. The number of rotatable bonds is 8. The van der Waals surface area contributed by atoms with Crippen LogP contribution in [0.5, 0.6) is 11.5 Å². The number of benzene rings is 4. The van der Waals surface area contributed by atoms with Gasteiger partial charge in [0.25, 0.3) is 11.5 Å². The highest BCUT2D eigenvalue weighted by Gasteiger charge is 2.32. The summed E-state index contributed by atoms with van der Waals surface area (Å²) in [5.74, 6) is 1.12. The minimum atomic E-state index is -0.698. The number of nitrogens with one attached hydrogen (secondary N) is 1. The zero-order chi connectivity index (χ0) is 31.5. The predicted octanol–water partition coefficient (Wildman–Crippen LogP) is 6.67.